The van der Waals surface area contributed by atoms with Crippen LogP contribution in [0.1, 0.15) is 39.5 Å². The molecule has 0 spiro atoms. The summed E-state index contributed by atoms with van der Waals surface area (Å²) in [5, 5.41) is 22.9. The second-order valence-electron chi connectivity index (χ2n) is 8.22. The van der Waals surface area contributed by atoms with E-state index in [1.807, 2.05) is 24.3 Å². The van der Waals surface area contributed by atoms with Gasteiger partial charge in [0.25, 0.3) is 0 Å². The van der Waals surface area contributed by atoms with Crippen molar-refractivity contribution in [3.63, 3.8) is 0 Å². The van der Waals surface area contributed by atoms with Crippen LogP contribution in [0, 0.1) is 0 Å². The van der Waals surface area contributed by atoms with Crippen molar-refractivity contribution < 1.29 is 28.2 Å². The molecule has 0 unspecified atom stereocenters. The molecule has 0 aromatic carbocycles. The number of carbonyl (C=O) groups is 1. The summed E-state index contributed by atoms with van der Waals surface area (Å²) in [7, 11) is 0. The Bertz CT molecular complexity index is 947. The Balaban J connectivity index is 3.19. The number of hydrogen-bond donors (Lipinski definition) is 3. The van der Waals surface area contributed by atoms with E-state index >= 15 is 0 Å². The number of nitrogens with one attached hydrogen (secondary N) is 1. The summed E-state index contributed by atoms with van der Waals surface area (Å²) < 4.78 is 40.1. The molecule has 4 nitrogen and oxygen atoms in total. The molecule has 7 heteroatoms. The monoisotopic (exact) mass is 503 g/mol. The number of rotatable bonds is 5. The van der Waals surface area contributed by atoms with Gasteiger partial charge in [-0.15, -0.1) is 0 Å². The van der Waals surface area contributed by atoms with Gasteiger partial charge in [0, 0.05) is 12.1 Å². The summed E-state index contributed by atoms with van der Waals surface area (Å²) in [6, 6.07) is -0.303. The van der Waals surface area contributed by atoms with Crippen molar-refractivity contribution in [3.05, 3.63) is 108 Å². The molecule has 1 rings (SSSR count). The van der Waals surface area contributed by atoms with Crippen LogP contribution in [0.3, 0.4) is 0 Å². The van der Waals surface area contributed by atoms with Crippen molar-refractivity contribution >= 4 is 5.91 Å². The summed E-state index contributed by atoms with van der Waals surface area (Å²) in [6.07, 6.45) is 19.5. The molecule has 3 atom stereocenters. The van der Waals surface area contributed by atoms with E-state index in [1.54, 1.807) is 31.2 Å². The molecule has 0 aliphatic carbocycles. The highest BCUT2D eigenvalue weighted by molar-refractivity contribution is 5.88. The van der Waals surface area contributed by atoms with Gasteiger partial charge >= 0.3 is 6.18 Å². The summed E-state index contributed by atoms with van der Waals surface area (Å²) >= 11 is 0. The Morgan fingerprint density at radius 3 is 2.42 bits per heavy atom. The normalized spacial score (nSPS) is 30.5. The molecular formula is C29H36F3NO3. The molecule has 36 heavy (non-hydrogen) atoms. The van der Waals surface area contributed by atoms with E-state index in [2.05, 4.69) is 12.2 Å². The number of carbonyl (C=O) groups excluding carboxylic acids is 1. The minimum Gasteiger partial charge on any atom is -0.386 e. The fourth-order valence-electron chi connectivity index (χ4n) is 3.01. The van der Waals surface area contributed by atoms with Crippen molar-refractivity contribution in [1.82, 2.24) is 5.32 Å². The van der Waals surface area contributed by atoms with E-state index in [1.165, 1.54) is 30.4 Å². The van der Waals surface area contributed by atoms with Crippen molar-refractivity contribution in [2.45, 2.75) is 64.0 Å². The zero-order valence-corrected chi connectivity index (χ0v) is 20.7. The first-order valence-electron chi connectivity index (χ1n) is 11.9. The third-order valence-corrected chi connectivity index (χ3v) is 4.96. The summed E-state index contributed by atoms with van der Waals surface area (Å²) in [6.45, 7) is 3.79. The molecular weight excluding hydrogens is 467 g/mol. The van der Waals surface area contributed by atoms with Gasteiger partial charge in [0.05, 0.1) is 5.57 Å². The topological polar surface area (TPSA) is 69.6 Å². The average Bonchev–Trinajstić information content (AvgIpc) is 2.81. The Labute approximate surface area is 212 Å². The number of aliphatic hydroxyl groups excluding tert-OH is 2. The molecule has 0 saturated carbocycles. The Morgan fingerprint density at radius 2 is 1.69 bits per heavy atom. The predicted molar refractivity (Wildman–Crippen MR) is 140 cm³/mol. The highest BCUT2D eigenvalue weighted by Crippen LogP contribution is 2.26. The maximum atomic E-state index is 13.4. The number of amides is 1. The summed E-state index contributed by atoms with van der Waals surface area (Å²) in [5.74, 6) is -0.334. The van der Waals surface area contributed by atoms with Gasteiger partial charge in [-0.3, -0.25) is 4.79 Å². The maximum absolute atomic E-state index is 13.4. The zero-order chi connectivity index (χ0) is 26.8. The Morgan fingerprint density at radius 1 is 1.00 bits per heavy atom. The van der Waals surface area contributed by atoms with Gasteiger partial charge in [-0.25, -0.2) is 0 Å². The number of halogens is 3. The highest BCUT2D eigenvalue weighted by Gasteiger charge is 2.31. The van der Waals surface area contributed by atoms with Crippen LogP contribution in [-0.2, 0) is 4.79 Å². The van der Waals surface area contributed by atoms with E-state index < -0.39 is 24.0 Å². The van der Waals surface area contributed by atoms with Crippen LogP contribution in [0.15, 0.2) is 108 Å². The Kier molecular flexibility index (Phi) is 14.8. The third kappa shape index (κ3) is 14.3. The molecule has 0 bridgehead atoms. The lowest BCUT2D eigenvalue weighted by atomic mass is 10.1. The summed E-state index contributed by atoms with van der Waals surface area (Å²) in [4.78, 5) is 12.3. The minimum atomic E-state index is -4.57. The predicted octanol–water partition coefficient (Wildman–Crippen LogP) is 6.12. The number of hydrogen-bond acceptors (Lipinski definition) is 3. The van der Waals surface area contributed by atoms with E-state index in [9.17, 15) is 28.2 Å². The standard InChI is InChI=1S/C29H36F3NO3/c1-3-4-5-6-7-8-18-25-19-12-10-16-24(29(30,31)32)17-11-13-20-26(34)27(35)22-23(2)15-9-14-21-28(36)33-25/h5-17,20-22,25-27,34-35H,3-4,18-19H2,1-2H3,(H,33,36)/b6-5+,8-7+,12-10+,15-9+,17-11+,20-13-,21-14+,23-22+,24-16-/t25-,26-,27+/m1/s1. The van der Waals surface area contributed by atoms with Crippen molar-refractivity contribution in [2.24, 2.45) is 0 Å². The smallest absolute Gasteiger partial charge is 0.386 e. The molecule has 0 aromatic heterocycles. The number of aliphatic hydroxyl groups is 2. The zero-order valence-electron chi connectivity index (χ0n) is 20.7. The van der Waals surface area contributed by atoms with E-state index in [0.29, 0.717) is 18.4 Å². The van der Waals surface area contributed by atoms with Crippen LogP contribution in [0.25, 0.3) is 0 Å². The molecule has 1 aliphatic rings. The lowest BCUT2D eigenvalue weighted by molar-refractivity contribution is -0.117. The molecule has 3 N–H and O–H groups in total. The molecule has 1 heterocycles. The second kappa shape index (κ2) is 17.3. The fraction of sp³-hybridized carbons (Fsp3) is 0.345. The highest BCUT2D eigenvalue weighted by atomic mass is 19.4. The lowest BCUT2D eigenvalue weighted by Gasteiger charge is -2.14. The van der Waals surface area contributed by atoms with E-state index in [4.69, 9.17) is 0 Å². The van der Waals surface area contributed by atoms with Crippen molar-refractivity contribution in [2.75, 3.05) is 0 Å². The third-order valence-electron chi connectivity index (χ3n) is 4.96. The average molecular weight is 504 g/mol. The van der Waals surface area contributed by atoms with Gasteiger partial charge < -0.3 is 15.5 Å². The molecule has 0 radical (unpaired) electrons. The first kappa shape index (κ1) is 30.9. The van der Waals surface area contributed by atoms with Gasteiger partial charge in [-0.05, 0) is 26.2 Å². The molecule has 0 saturated heterocycles. The molecule has 0 fully saturated rings. The van der Waals surface area contributed by atoms with Crippen LogP contribution >= 0.6 is 0 Å². The van der Waals surface area contributed by atoms with Crippen LogP contribution < -0.4 is 5.32 Å². The van der Waals surface area contributed by atoms with E-state index in [0.717, 1.165) is 31.1 Å². The number of allylic oxidation sites excluding steroid dienone is 13. The van der Waals surface area contributed by atoms with E-state index in [-0.39, 0.29) is 11.9 Å². The van der Waals surface area contributed by atoms with Gasteiger partial charge in [-0.2, -0.15) is 13.2 Å². The van der Waals surface area contributed by atoms with Crippen molar-refractivity contribution in [1.29, 1.82) is 0 Å². The van der Waals surface area contributed by atoms with Gasteiger partial charge in [-0.1, -0.05) is 110 Å². The molecule has 1 amide bonds. The fourth-order valence-corrected chi connectivity index (χ4v) is 3.01. The first-order chi connectivity index (χ1) is 17.1. The van der Waals surface area contributed by atoms with Crippen LogP contribution in [0.5, 0.6) is 0 Å². The number of alkyl halides is 3. The van der Waals surface area contributed by atoms with Gasteiger partial charge in [0.1, 0.15) is 12.2 Å². The maximum Gasteiger partial charge on any atom is 0.416 e. The van der Waals surface area contributed by atoms with Gasteiger partial charge in [0.15, 0.2) is 0 Å². The Hall–Kier alpha value is -3.16. The van der Waals surface area contributed by atoms with Crippen LogP contribution in [0.4, 0.5) is 13.2 Å². The second-order valence-corrected chi connectivity index (χ2v) is 8.22. The number of unbranched alkanes of at least 4 members (excludes halogenated alkanes) is 1. The van der Waals surface area contributed by atoms with Crippen LogP contribution in [-0.4, -0.2) is 40.5 Å². The quantitative estimate of drug-likeness (QED) is 0.396. The van der Waals surface area contributed by atoms with Crippen molar-refractivity contribution in [3.8, 4) is 0 Å². The van der Waals surface area contributed by atoms with Gasteiger partial charge in [0.2, 0.25) is 5.91 Å². The SMILES string of the molecule is CCC/C=C/C=C/C[C@@H]1C/C=C/C=C(C(F)(F)F)/C=C/C=C\[C@@H](O)[C@@H](O)/C=C(C)/C=C/C=C/C(=O)N1. The molecule has 196 valence electrons. The molecule has 1 aliphatic heterocycles. The minimum absolute atomic E-state index is 0.303. The van der Waals surface area contributed by atoms with Crippen LogP contribution in [0.2, 0.25) is 0 Å². The first-order valence-corrected chi connectivity index (χ1v) is 11.9. The lowest BCUT2D eigenvalue weighted by Crippen LogP contribution is -2.32. The molecule has 0 aromatic rings. The largest absolute Gasteiger partial charge is 0.416 e. The summed E-state index contributed by atoms with van der Waals surface area (Å²) in [5.41, 5.74) is -0.241.